The van der Waals surface area contributed by atoms with Crippen LogP contribution in [0.3, 0.4) is 0 Å². The lowest BCUT2D eigenvalue weighted by Gasteiger charge is -2.17. The highest BCUT2D eigenvalue weighted by atomic mass is 16.3. The molecule has 0 saturated carbocycles. The van der Waals surface area contributed by atoms with Gasteiger partial charge in [-0.15, -0.1) is 0 Å². The van der Waals surface area contributed by atoms with Crippen LogP contribution in [0.25, 0.3) is 88.1 Å². The van der Waals surface area contributed by atoms with Crippen molar-refractivity contribution in [3.8, 4) is 22.5 Å². The molecule has 220 valence electrons. The molecule has 47 heavy (non-hydrogen) atoms. The summed E-state index contributed by atoms with van der Waals surface area (Å²) in [5, 5.41) is 5.82. The predicted molar refractivity (Wildman–Crippen MR) is 194 cm³/mol. The molecule has 0 fully saturated rings. The Kier molecular flexibility index (Phi) is 5.40. The third-order valence-corrected chi connectivity index (χ3v) is 9.51. The number of nitrogens with zero attached hydrogens (tertiary/aromatic N) is 2. The fraction of sp³-hybridized carbons (Fsp3) is 0. The van der Waals surface area contributed by atoms with E-state index in [0.717, 1.165) is 55.3 Å². The quantitative estimate of drug-likeness (QED) is 0.189. The molecule has 10 aromatic rings. The van der Waals surface area contributed by atoms with Gasteiger partial charge in [0, 0.05) is 32.8 Å². The van der Waals surface area contributed by atoms with E-state index in [9.17, 15) is 4.79 Å². The summed E-state index contributed by atoms with van der Waals surface area (Å²) in [6, 6.07) is 54.0. The lowest BCUT2D eigenvalue weighted by molar-refractivity contribution is 0.660. The Morgan fingerprint density at radius 2 is 1.06 bits per heavy atom. The highest BCUT2D eigenvalue weighted by Crippen LogP contribution is 2.44. The molecule has 3 heterocycles. The van der Waals surface area contributed by atoms with E-state index in [4.69, 9.17) is 4.42 Å². The molecular formula is C43H26N2O2. The van der Waals surface area contributed by atoms with Crippen molar-refractivity contribution in [2.45, 2.75) is 0 Å². The fourth-order valence-corrected chi connectivity index (χ4v) is 7.58. The smallest absolute Gasteiger partial charge is 0.201 e. The zero-order valence-corrected chi connectivity index (χ0v) is 25.2. The molecule has 7 aromatic carbocycles. The first-order valence-corrected chi connectivity index (χ1v) is 15.8. The van der Waals surface area contributed by atoms with Gasteiger partial charge < -0.3 is 13.6 Å². The van der Waals surface area contributed by atoms with Crippen molar-refractivity contribution in [3.63, 3.8) is 0 Å². The molecular weight excluding hydrogens is 576 g/mol. The van der Waals surface area contributed by atoms with E-state index in [1.807, 2.05) is 48.5 Å². The van der Waals surface area contributed by atoms with Gasteiger partial charge in [0.1, 0.15) is 11.2 Å². The molecule has 0 atom stereocenters. The van der Waals surface area contributed by atoms with Gasteiger partial charge >= 0.3 is 0 Å². The van der Waals surface area contributed by atoms with E-state index in [1.165, 1.54) is 10.8 Å². The number of hydrogen-bond acceptors (Lipinski definition) is 2. The SMILES string of the molecule is O=c1c2ccccc2oc2ccc(-n3c4ccccc4c4ccc5c(c6ccccc6n5-c5ccccc5)c43)c(-c3ccccc3)c12. The Balaban J connectivity index is 1.45. The third kappa shape index (κ3) is 3.61. The molecule has 0 aliphatic carbocycles. The second-order valence-electron chi connectivity index (χ2n) is 12.0. The Labute approximate surface area is 268 Å². The van der Waals surface area contributed by atoms with E-state index < -0.39 is 0 Å². The summed E-state index contributed by atoms with van der Waals surface area (Å²) in [5.74, 6) is 0. The summed E-state index contributed by atoms with van der Waals surface area (Å²) < 4.78 is 11.1. The van der Waals surface area contributed by atoms with Gasteiger partial charge in [0.15, 0.2) is 0 Å². The van der Waals surface area contributed by atoms with Crippen LogP contribution in [0.4, 0.5) is 0 Å². The maximum atomic E-state index is 14.4. The van der Waals surface area contributed by atoms with Gasteiger partial charge in [0.25, 0.3) is 0 Å². The Bertz CT molecular complexity index is 2910. The molecule has 4 nitrogen and oxygen atoms in total. The van der Waals surface area contributed by atoms with Crippen molar-refractivity contribution in [3.05, 3.63) is 168 Å². The average molecular weight is 603 g/mol. The van der Waals surface area contributed by atoms with E-state index in [1.54, 1.807) is 0 Å². The first kappa shape index (κ1) is 25.9. The molecule has 10 rings (SSSR count). The monoisotopic (exact) mass is 602 g/mol. The first-order chi connectivity index (χ1) is 23.3. The summed E-state index contributed by atoms with van der Waals surface area (Å²) in [6.45, 7) is 0. The molecule has 0 radical (unpaired) electrons. The number of aromatic nitrogens is 2. The normalized spacial score (nSPS) is 11.9. The van der Waals surface area contributed by atoms with Gasteiger partial charge in [-0.2, -0.15) is 0 Å². The highest BCUT2D eigenvalue weighted by molar-refractivity contribution is 6.26. The zero-order chi connectivity index (χ0) is 31.1. The number of hydrogen-bond donors (Lipinski definition) is 0. The van der Waals surface area contributed by atoms with Crippen LogP contribution in [0.15, 0.2) is 167 Å². The molecule has 0 bridgehead atoms. The van der Waals surface area contributed by atoms with Gasteiger partial charge in [0.05, 0.1) is 38.5 Å². The van der Waals surface area contributed by atoms with Gasteiger partial charge in [-0.1, -0.05) is 103 Å². The summed E-state index contributed by atoms with van der Waals surface area (Å²) in [4.78, 5) is 14.4. The maximum Gasteiger partial charge on any atom is 0.201 e. The Morgan fingerprint density at radius 1 is 0.426 bits per heavy atom. The second kappa shape index (κ2) is 9.80. The predicted octanol–water partition coefficient (Wildman–Crippen LogP) is 10.8. The highest BCUT2D eigenvalue weighted by Gasteiger charge is 2.24. The van der Waals surface area contributed by atoms with E-state index in [0.29, 0.717) is 21.9 Å². The minimum Gasteiger partial charge on any atom is -0.456 e. The molecule has 4 heteroatoms. The average Bonchev–Trinajstić information content (AvgIpc) is 3.65. The van der Waals surface area contributed by atoms with Crippen LogP contribution in [0.1, 0.15) is 0 Å². The number of para-hydroxylation sites is 4. The molecule has 0 amide bonds. The lowest BCUT2D eigenvalue weighted by Crippen LogP contribution is -2.07. The van der Waals surface area contributed by atoms with Crippen LogP contribution in [-0.2, 0) is 0 Å². The summed E-state index contributed by atoms with van der Waals surface area (Å²) in [7, 11) is 0. The molecule has 0 aliphatic heterocycles. The Morgan fingerprint density at radius 3 is 1.85 bits per heavy atom. The lowest BCUT2D eigenvalue weighted by atomic mass is 9.97. The van der Waals surface area contributed by atoms with Crippen molar-refractivity contribution < 1.29 is 4.42 Å². The number of benzene rings is 7. The minimum atomic E-state index is -0.0332. The van der Waals surface area contributed by atoms with E-state index in [-0.39, 0.29) is 5.43 Å². The van der Waals surface area contributed by atoms with Crippen molar-refractivity contribution >= 4 is 65.6 Å². The molecule has 0 spiro atoms. The standard InChI is InChI=1S/C43H26N2O2/c46-43-32-19-9-12-22-37(32)47-38-26-25-35(39(41(38)43)27-13-3-1-4-14-27)45-33-20-10-7-17-29(33)30-23-24-36-40(42(30)45)31-18-8-11-21-34(31)44(36)28-15-5-2-6-16-28/h1-26H. The fourth-order valence-electron chi connectivity index (χ4n) is 7.58. The second-order valence-corrected chi connectivity index (χ2v) is 12.0. The summed E-state index contributed by atoms with van der Waals surface area (Å²) >= 11 is 0. The molecule has 0 N–H and O–H groups in total. The van der Waals surface area contributed by atoms with E-state index in [2.05, 4.69) is 118 Å². The minimum absolute atomic E-state index is 0.0332. The van der Waals surface area contributed by atoms with Gasteiger partial charge in [-0.3, -0.25) is 4.79 Å². The van der Waals surface area contributed by atoms with E-state index >= 15 is 0 Å². The molecule has 0 unspecified atom stereocenters. The van der Waals surface area contributed by atoms with Crippen LogP contribution in [0.5, 0.6) is 0 Å². The topological polar surface area (TPSA) is 40.1 Å². The van der Waals surface area contributed by atoms with Crippen LogP contribution >= 0.6 is 0 Å². The molecule has 3 aromatic heterocycles. The van der Waals surface area contributed by atoms with Gasteiger partial charge in [0.2, 0.25) is 5.43 Å². The summed E-state index contributed by atoms with van der Waals surface area (Å²) in [5.41, 5.74) is 9.44. The van der Waals surface area contributed by atoms with Crippen molar-refractivity contribution in [1.82, 2.24) is 9.13 Å². The third-order valence-electron chi connectivity index (χ3n) is 9.51. The largest absolute Gasteiger partial charge is 0.456 e. The van der Waals surface area contributed by atoms with Crippen molar-refractivity contribution in [1.29, 1.82) is 0 Å². The molecule has 0 aliphatic rings. The van der Waals surface area contributed by atoms with Crippen LogP contribution in [0.2, 0.25) is 0 Å². The van der Waals surface area contributed by atoms with Gasteiger partial charge in [-0.05, 0) is 60.2 Å². The first-order valence-electron chi connectivity index (χ1n) is 15.8. The van der Waals surface area contributed by atoms with Crippen LogP contribution < -0.4 is 5.43 Å². The van der Waals surface area contributed by atoms with Crippen molar-refractivity contribution in [2.75, 3.05) is 0 Å². The maximum absolute atomic E-state index is 14.4. The zero-order valence-electron chi connectivity index (χ0n) is 25.2. The van der Waals surface area contributed by atoms with Crippen molar-refractivity contribution in [2.24, 2.45) is 0 Å². The van der Waals surface area contributed by atoms with Gasteiger partial charge in [-0.25, -0.2) is 0 Å². The Hall–Kier alpha value is -6.39. The number of rotatable bonds is 3. The van der Waals surface area contributed by atoms with Crippen LogP contribution in [0, 0.1) is 0 Å². The number of fused-ring (bicyclic) bond motifs is 9. The van der Waals surface area contributed by atoms with Crippen LogP contribution in [-0.4, -0.2) is 9.13 Å². The summed E-state index contributed by atoms with van der Waals surface area (Å²) in [6.07, 6.45) is 0. The molecule has 0 saturated heterocycles.